The largest absolute Gasteiger partial charge is 0.506 e. The molecule has 0 amide bonds. The van der Waals surface area contributed by atoms with Gasteiger partial charge in [0.15, 0.2) is 4.88 Å². The van der Waals surface area contributed by atoms with Gasteiger partial charge in [-0.2, -0.15) is 0 Å². The molecule has 3 nitrogen and oxygen atoms in total. The van der Waals surface area contributed by atoms with Gasteiger partial charge >= 0.3 is 5.97 Å². The van der Waals surface area contributed by atoms with Crippen molar-refractivity contribution in [1.82, 2.24) is 0 Å². The summed E-state index contributed by atoms with van der Waals surface area (Å²) in [6, 6.07) is 7.15. The van der Waals surface area contributed by atoms with Crippen molar-refractivity contribution in [3.8, 4) is 16.2 Å². The Bertz CT molecular complexity index is 604. The van der Waals surface area contributed by atoms with Gasteiger partial charge in [0.1, 0.15) is 5.75 Å². The third-order valence-corrected chi connectivity index (χ3v) is 3.92. The minimum absolute atomic E-state index is 0.0847. The Morgan fingerprint density at radius 2 is 2.11 bits per heavy atom. The standard InChI is InChI=1S/C13H11ClO3S/c1-7-3-4-8(9(14)5-7)11-6-10(15)12(18-11)13(16)17-2/h3-6,15H,1-2H3. The number of hydrogen-bond acceptors (Lipinski definition) is 4. The van der Waals surface area contributed by atoms with E-state index < -0.39 is 5.97 Å². The van der Waals surface area contributed by atoms with Gasteiger partial charge < -0.3 is 9.84 Å². The molecule has 1 aromatic carbocycles. The van der Waals surface area contributed by atoms with Crippen LogP contribution in [0.4, 0.5) is 0 Å². The quantitative estimate of drug-likeness (QED) is 0.851. The molecule has 94 valence electrons. The number of carbonyl (C=O) groups excluding carboxylic acids is 1. The molecule has 0 saturated heterocycles. The average molecular weight is 283 g/mol. The first-order valence-electron chi connectivity index (χ1n) is 5.20. The van der Waals surface area contributed by atoms with E-state index in [0.29, 0.717) is 5.02 Å². The fourth-order valence-corrected chi connectivity index (χ4v) is 2.97. The average Bonchev–Trinajstić information content (AvgIpc) is 2.70. The molecule has 0 unspecified atom stereocenters. The number of ether oxygens (including phenoxy) is 1. The molecule has 0 spiro atoms. The number of halogens is 1. The summed E-state index contributed by atoms with van der Waals surface area (Å²) in [6.07, 6.45) is 0. The smallest absolute Gasteiger partial charge is 0.351 e. The number of aryl methyl sites for hydroxylation is 1. The van der Waals surface area contributed by atoms with Crippen LogP contribution in [-0.2, 0) is 4.74 Å². The number of aromatic hydroxyl groups is 1. The molecule has 0 fully saturated rings. The van der Waals surface area contributed by atoms with Crippen LogP contribution in [0.2, 0.25) is 5.02 Å². The maximum atomic E-state index is 11.4. The van der Waals surface area contributed by atoms with Crippen molar-refractivity contribution in [2.45, 2.75) is 6.92 Å². The van der Waals surface area contributed by atoms with Gasteiger partial charge in [0, 0.05) is 15.5 Å². The van der Waals surface area contributed by atoms with E-state index in [9.17, 15) is 9.90 Å². The minimum atomic E-state index is -0.549. The molecule has 2 rings (SSSR count). The lowest BCUT2D eigenvalue weighted by Gasteiger charge is -2.01. The first-order chi connectivity index (χ1) is 8.52. The van der Waals surface area contributed by atoms with Crippen LogP contribution in [0.25, 0.3) is 10.4 Å². The van der Waals surface area contributed by atoms with E-state index in [0.717, 1.165) is 27.3 Å². The number of esters is 1. The van der Waals surface area contributed by atoms with E-state index >= 15 is 0 Å². The van der Waals surface area contributed by atoms with Gasteiger partial charge in [-0.3, -0.25) is 0 Å². The second kappa shape index (κ2) is 5.00. The van der Waals surface area contributed by atoms with Crippen LogP contribution in [0.1, 0.15) is 15.2 Å². The van der Waals surface area contributed by atoms with Gasteiger partial charge in [-0.05, 0) is 24.6 Å². The van der Waals surface area contributed by atoms with E-state index in [4.69, 9.17) is 11.6 Å². The molecule has 0 saturated carbocycles. The van der Waals surface area contributed by atoms with Gasteiger partial charge in [0.2, 0.25) is 0 Å². The summed E-state index contributed by atoms with van der Waals surface area (Å²) in [5.74, 6) is -0.634. The van der Waals surface area contributed by atoms with Crippen LogP contribution in [0.3, 0.4) is 0 Å². The molecule has 0 bridgehead atoms. The molecule has 1 heterocycles. The molecule has 1 N–H and O–H groups in total. The third-order valence-electron chi connectivity index (χ3n) is 2.47. The molecule has 2 aromatic rings. The molecule has 0 aliphatic heterocycles. The van der Waals surface area contributed by atoms with E-state index in [1.807, 2.05) is 25.1 Å². The number of benzene rings is 1. The van der Waals surface area contributed by atoms with Crippen LogP contribution in [0, 0.1) is 6.92 Å². The Kier molecular flexibility index (Phi) is 3.59. The van der Waals surface area contributed by atoms with Crippen molar-refractivity contribution in [1.29, 1.82) is 0 Å². The van der Waals surface area contributed by atoms with Gasteiger partial charge in [-0.25, -0.2) is 4.79 Å². The molecule has 0 aliphatic carbocycles. The second-order valence-corrected chi connectivity index (χ2v) is 5.26. The molecule has 0 aliphatic rings. The summed E-state index contributed by atoms with van der Waals surface area (Å²) in [5, 5.41) is 10.3. The molecular formula is C13H11ClO3S. The summed E-state index contributed by atoms with van der Waals surface area (Å²) in [6.45, 7) is 1.95. The monoisotopic (exact) mass is 282 g/mol. The molecule has 5 heteroatoms. The van der Waals surface area contributed by atoms with Crippen LogP contribution in [-0.4, -0.2) is 18.2 Å². The van der Waals surface area contributed by atoms with Crippen LogP contribution in [0.5, 0.6) is 5.75 Å². The fraction of sp³-hybridized carbons (Fsp3) is 0.154. The highest BCUT2D eigenvalue weighted by molar-refractivity contribution is 7.17. The number of carbonyl (C=O) groups is 1. The topological polar surface area (TPSA) is 46.5 Å². The Morgan fingerprint density at radius 1 is 1.39 bits per heavy atom. The lowest BCUT2D eigenvalue weighted by Crippen LogP contribution is -1.97. The van der Waals surface area contributed by atoms with Gasteiger partial charge in [0.05, 0.1) is 7.11 Å². The maximum absolute atomic E-state index is 11.4. The summed E-state index contributed by atoms with van der Waals surface area (Å²) < 4.78 is 4.59. The predicted molar refractivity (Wildman–Crippen MR) is 72.5 cm³/mol. The van der Waals surface area contributed by atoms with Gasteiger partial charge in [0.25, 0.3) is 0 Å². The zero-order valence-electron chi connectivity index (χ0n) is 9.86. The Morgan fingerprint density at radius 3 is 2.72 bits per heavy atom. The van der Waals surface area contributed by atoms with Crippen molar-refractivity contribution >= 4 is 28.9 Å². The summed E-state index contributed by atoms with van der Waals surface area (Å²) in [4.78, 5) is 12.3. The SMILES string of the molecule is COC(=O)c1sc(-c2ccc(C)cc2Cl)cc1O. The molecular weight excluding hydrogens is 272 g/mol. The Balaban J connectivity index is 2.49. The number of thiophene rings is 1. The van der Waals surface area contributed by atoms with Crippen molar-refractivity contribution in [2.24, 2.45) is 0 Å². The highest BCUT2D eigenvalue weighted by Crippen LogP contribution is 2.39. The van der Waals surface area contributed by atoms with E-state index in [2.05, 4.69) is 4.74 Å². The molecule has 0 radical (unpaired) electrons. The van der Waals surface area contributed by atoms with E-state index in [1.54, 1.807) is 0 Å². The van der Waals surface area contributed by atoms with Crippen LogP contribution in [0.15, 0.2) is 24.3 Å². The minimum Gasteiger partial charge on any atom is -0.506 e. The van der Waals surface area contributed by atoms with Crippen molar-refractivity contribution < 1.29 is 14.6 Å². The number of rotatable bonds is 2. The maximum Gasteiger partial charge on any atom is 0.351 e. The third kappa shape index (κ3) is 2.35. The molecule has 1 aromatic heterocycles. The Labute approximate surface area is 114 Å². The van der Waals surface area contributed by atoms with Crippen LogP contribution >= 0.6 is 22.9 Å². The lowest BCUT2D eigenvalue weighted by atomic mass is 10.1. The van der Waals surface area contributed by atoms with Gasteiger partial charge in [-0.15, -0.1) is 11.3 Å². The summed E-state index contributed by atoms with van der Waals surface area (Å²) in [5.41, 5.74) is 1.84. The van der Waals surface area contributed by atoms with Crippen molar-refractivity contribution in [3.63, 3.8) is 0 Å². The fourth-order valence-electron chi connectivity index (χ4n) is 1.57. The van der Waals surface area contributed by atoms with Crippen molar-refractivity contribution in [2.75, 3.05) is 7.11 Å². The predicted octanol–water partition coefficient (Wildman–Crippen LogP) is 3.87. The molecule has 18 heavy (non-hydrogen) atoms. The van der Waals surface area contributed by atoms with Gasteiger partial charge in [-0.1, -0.05) is 23.7 Å². The summed E-state index contributed by atoms with van der Waals surface area (Å²) >= 11 is 7.30. The number of hydrogen-bond donors (Lipinski definition) is 1. The molecule has 0 atom stereocenters. The number of methoxy groups -OCH3 is 1. The second-order valence-electron chi connectivity index (χ2n) is 3.80. The zero-order chi connectivity index (χ0) is 13.3. The van der Waals surface area contributed by atoms with E-state index in [-0.39, 0.29) is 10.6 Å². The van der Waals surface area contributed by atoms with E-state index in [1.165, 1.54) is 13.2 Å². The van der Waals surface area contributed by atoms with Crippen LogP contribution < -0.4 is 0 Å². The van der Waals surface area contributed by atoms with Crippen molar-refractivity contribution in [3.05, 3.63) is 39.7 Å². The zero-order valence-corrected chi connectivity index (χ0v) is 11.4. The summed E-state index contributed by atoms with van der Waals surface area (Å²) in [7, 11) is 1.28. The lowest BCUT2D eigenvalue weighted by molar-refractivity contribution is 0.0603. The first-order valence-corrected chi connectivity index (χ1v) is 6.40. The Hall–Kier alpha value is -1.52. The normalized spacial score (nSPS) is 10.4. The first kappa shape index (κ1) is 12.9. The highest BCUT2D eigenvalue weighted by Gasteiger charge is 2.18. The highest BCUT2D eigenvalue weighted by atomic mass is 35.5.